The Morgan fingerprint density at radius 1 is 0.968 bits per heavy atom. The Morgan fingerprint density at radius 2 is 1.61 bits per heavy atom. The fourth-order valence-electron chi connectivity index (χ4n) is 4.10. The van der Waals surface area contributed by atoms with Gasteiger partial charge in [0.05, 0.1) is 11.3 Å². The Bertz CT molecular complexity index is 1100. The summed E-state index contributed by atoms with van der Waals surface area (Å²) in [7, 11) is 0. The first-order valence-corrected chi connectivity index (χ1v) is 9.95. The lowest BCUT2D eigenvalue weighted by Gasteiger charge is -2.13. The van der Waals surface area contributed by atoms with Gasteiger partial charge in [-0.3, -0.25) is 9.69 Å². The zero-order valence-electron chi connectivity index (χ0n) is 16.6. The number of carbonyl (C=O) groups excluding carboxylic acids is 1. The monoisotopic (exact) mass is 446 g/mol. The Kier molecular flexibility index (Phi) is 5.93. The Morgan fingerprint density at radius 3 is 2.32 bits per heavy atom. The predicted molar refractivity (Wildman–Crippen MR) is 117 cm³/mol. The van der Waals surface area contributed by atoms with E-state index in [0.717, 1.165) is 19.6 Å². The number of hydrogen-bond acceptors (Lipinski definition) is 5. The summed E-state index contributed by atoms with van der Waals surface area (Å²) in [5, 5.41) is 10.1. The van der Waals surface area contributed by atoms with Gasteiger partial charge in [0.15, 0.2) is 0 Å². The largest absolute Gasteiger partial charge is 0.394 e. The second-order valence-electron chi connectivity index (χ2n) is 7.53. The van der Waals surface area contributed by atoms with Gasteiger partial charge >= 0.3 is 0 Å². The fraction of sp³-hybridized carbons (Fsp3) is 0.273. The van der Waals surface area contributed by atoms with E-state index in [-0.39, 0.29) is 23.9 Å². The maximum Gasteiger partial charge on any atom is 0.258 e. The SMILES string of the molecule is Cl.O=C1Nc2ccc(F)cc2/C1=C1/Nc2ccc(F)cc2/C1=N\OCCN1CCCC1. The molecule has 0 saturated carbocycles. The summed E-state index contributed by atoms with van der Waals surface area (Å²) in [5.41, 5.74) is 3.01. The van der Waals surface area contributed by atoms with Gasteiger partial charge in [-0.25, -0.2) is 8.78 Å². The summed E-state index contributed by atoms with van der Waals surface area (Å²) in [4.78, 5) is 20.5. The smallest absolute Gasteiger partial charge is 0.258 e. The maximum absolute atomic E-state index is 13.9. The second-order valence-corrected chi connectivity index (χ2v) is 7.53. The second kappa shape index (κ2) is 8.64. The third kappa shape index (κ3) is 4.00. The molecule has 3 aliphatic heterocycles. The van der Waals surface area contributed by atoms with Crippen LogP contribution >= 0.6 is 12.4 Å². The van der Waals surface area contributed by atoms with Crippen LogP contribution in [0.3, 0.4) is 0 Å². The minimum Gasteiger partial charge on any atom is -0.394 e. The van der Waals surface area contributed by atoms with Gasteiger partial charge in [-0.15, -0.1) is 12.4 Å². The summed E-state index contributed by atoms with van der Waals surface area (Å²) in [6.45, 7) is 3.23. The van der Waals surface area contributed by atoms with Crippen LogP contribution in [0.15, 0.2) is 47.3 Å². The minimum atomic E-state index is -0.453. The molecule has 2 aromatic carbocycles. The zero-order chi connectivity index (χ0) is 20.7. The van der Waals surface area contributed by atoms with Gasteiger partial charge < -0.3 is 15.5 Å². The van der Waals surface area contributed by atoms with Crippen molar-refractivity contribution >= 4 is 41.0 Å². The van der Waals surface area contributed by atoms with Gasteiger partial charge in [-0.2, -0.15) is 0 Å². The highest BCUT2D eigenvalue weighted by Gasteiger charge is 2.34. The molecule has 0 aliphatic carbocycles. The lowest BCUT2D eigenvalue weighted by atomic mass is 10.0. The number of rotatable bonds is 4. The van der Waals surface area contributed by atoms with Gasteiger partial charge in [0.2, 0.25) is 0 Å². The summed E-state index contributed by atoms with van der Waals surface area (Å²) >= 11 is 0. The van der Waals surface area contributed by atoms with E-state index >= 15 is 0 Å². The van der Waals surface area contributed by atoms with Crippen molar-refractivity contribution < 1.29 is 18.4 Å². The summed E-state index contributed by atoms with van der Waals surface area (Å²) < 4.78 is 27.8. The molecule has 0 bridgehead atoms. The molecule has 3 heterocycles. The van der Waals surface area contributed by atoms with Crippen LogP contribution in [0.4, 0.5) is 20.2 Å². The van der Waals surface area contributed by atoms with Gasteiger partial charge in [0, 0.05) is 29.0 Å². The highest BCUT2D eigenvalue weighted by molar-refractivity contribution is 6.39. The summed E-state index contributed by atoms with van der Waals surface area (Å²) in [6, 6.07) is 8.35. The molecule has 1 amide bonds. The van der Waals surface area contributed by atoms with Gasteiger partial charge in [-0.1, -0.05) is 5.16 Å². The lowest BCUT2D eigenvalue weighted by Crippen LogP contribution is -2.23. The molecular formula is C22H21ClF2N4O2. The highest BCUT2D eigenvalue weighted by atomic mass is 35.5. The topological polar surface area (TPSA) is 66.0 Å². The van der Waals surface area contributed by atoms with Crippen molar-refractivity contribution in [2.75, 3.05) is 36.9 Å². The van der Waals surface area contributed by atoms with E-state index in [0.29, 0.717) is 40.5 Å². The van der Waals surface area contributed by atoms with Crippen molar-refractivity contribution in [3.8, 4) is 0 Å². The van der Waals surface area contributed by atoms with E-state index in [9.17, 15) is 13.6 Å². The molecule has 0 aromatic heterocycles. The van der Waals surface area contributed by atoms with Crippen LogP contribution in [0.5, 0.6) is 0 Å². The molecular weight excluding hydrogens is 426 g/mol. The number of fused-ring (bicyclic) bond motifs is 2. The van der Waals surface area contributed by atoms with Crippen molar-refractivity contribution in [2.45, 2.75) is 12.8 Å². The number of hydrogen-bond donors (Lipinski definition) is 2. The van der Waals surface area contributed by atoms with Crippen LogP contribution in [0, 0.1) is 11.6 Å². The molecule has 6 nitrogen and oxygen atoms in total. The van der Waals surface area contributed by atoms with E-state index in [1.807, 2.05) is 0 Å². The van der Waals surface area contributed by atoms with E-state index in [4.69, 9.17) is 4.84 Å². The molecule has 162 valence electrons. The number of nitrogens with one attached hydrogen (secondary N) is 2. The first-order valence-electron chi connectivity index (χ1n) is 9.95. The number of nitrogens with zero attached hydrogens (tertiary/aromatic N) is 2. The van der Waals surface area contributed by atoms with E-state index in [1.165, 1.54) is 43.2 Å². The van der Waals surface area contributed by atoms with Crippen LogP contribution in [0.2, 0.25) is 0 Å². The van der Waals surface area contributed by atoms with Gasteiger partial charge in [0.25, 0.3) is 5.91 Å². The molecule has 0 unspecified atom stereocenters. The van der Waals surface area contributed by atoms with Crippen LogP contribution in [-0.2, 0) is 9.63 Å². The molecule has 3 aliphatic rings. The number of oxime groups is 1. The molecule has 0 atom stereocenters. The Labute approximate surface area is 184 Å². The van der Waals surface area contributed by atoms with Crippen molar-refractivity contribution in [3.05, 3.63) is 64.9 Å². The Balaban J connectivity index is 0.00000231. The molecule has 31 heavy (non-hydrogen) atoms. The maximum atomic E-state index is 13.9. The van der Waals surface area contributed by atoms with Crippen LogP contribution in [0.1, 0.15) is 24.0 Å². The third-order valence-electron chi connectivity index (χ3n) is 5.56. The molecule has 9 heteroatoms. The highest BCUT2D eigenvalue weighted by Crippen LogP contribution is 2.39. The van der Waals surface area contributed by atoms with Crippen molar-refractivity contribution in [3.63, 3.8) is 0 Å². The Hall–Kier alpha value is -2.97. The molecule has 0 spiro atoms. The van der Waals surface area contributed by atoms with Crippen molar-refractivity contribution in [2.24, 2.45) is 5.16 Å². The van der Waals surface area contributed by atoms with Crippen LogP contribution in [-0.4, -0.2) is 42.8 Å². The van der Waals surface area contributed by atoms with Crippen LogP contribution in [0.25, 0.3) is 5.57 Å². The number of allylic oxidation sites excluding steroid dienone is 1. The fourth-order valence-corrected chi connectivity index (χ4v) is 4.10. The normalized spacial score (nSPS) is 20.8. The molecule has 0 radical (unpaired) electrons. The number of halogens is 3. The number of carbonyl (C=O) groups is 1. The first-order chi connectivity index (χ1) is 14.6. The van der Waals surface area contributed by atoms with Gasteiger partial charge in [0.1, 0.15) is 24.0 Å². The minimum absolute atomic E-state index is 0. The molecule has 1 fully saturated rings. The van der Waals surface area contributed by atoms with E-state index in [1.54, 1.807) is 6.07 Å². The number of likely N-dealkylation sites (tertiary alicyclic amines) is 1. The average Bonchev–Trinajstić information content (AvgIpc) is 3.42. The third-order valence-corrected chi connectivity index (χ3v) is 5.56. The van der Waals surface area contributed by atoms with Crippen LogP contribution < -0.4 is 10.6 Å². The van der Waals surface area contributed by atoms with Crippen molar-refractivity contribution in [1.82, 2.24) is 4.90 Å². The van der Waals surface area contributed by atoms with Crippen molar-refractivity contribution in [1.29, 1.82) is 0 Å². The molecule has 2 aromatic rings. The average molecular weight is 447 g/mol. The zero-order valence-corrected chi connectivity index (χ0v) is 17.4. The first kappa shape index (κ1) is 21.3. The predicted octanol–water partition coefficient (Wildman–Crippen LogP) is 3.99. The quantitative estimate of drug-likeness (QED) is 0.423. The van der Waals surface area contributed by atoms with E-state index in [2.05, 4.69) is 20.7 Å². The van der Waals surface area contributed by atoms with Gasteiger partial charge in [-0.05, 0) is 62.3 Å². The molecule has 2 N–H and O–H groups in total. The lowest BCUT2D eigenvalue weighted by molar-refractivity contribution is -0.110. The number of benzene rings is 2. The standard InChI is InChI=1S/C22H20F2N4O2.ClH/c23-13-3-5-17-15(11-13)19(22(29)26-17)21-20(16-12-14(24)4-6-18(16)25-21)27-30-10-9-28-7-1-2-8-28;/h3-6,11-12,25H,1-2,7-10H2,(H,26,29);1H/b21-19-,27-20+;. The van der Waals surface area contributed by atoms with E-state index < -0.39 is 11.6 Å². The molecule has 5 rings (SSSR count). The number of anilines is 2. The molecule has 1 saturated heterocycles. The summed E-state index contributed by atoms with van der Waals surface area (Å²) in [5.74, 6) is -1.25. The number of amides is 1. The summed E-state index contributed by atoms with van der Waals surface area (Å²) in [6.07, 6.45) is 2.37.